The molecule has 1 atom stereocenters. The van der Waals surface area contributed by atoms with Crippen molar-refractivity contribution in [2.45, 2.75) is 39.7 Å². The van der Waals surface area contributed by atoms with Crippen LogP contribution in [0.4, 0.5) is 0 Å². The predicted molar refractivity (Wildman–Crippen MR) is 110 cm³/mol. The Morgan fingerprint density at radius 1 is 1.15 bits per heavy atom. The van der Waals surface area contributed by atoms with Crippen LogP contribution in [-0.2, 0) is 4.79 Å². The van der Waals surface area contributed by atoms with Crippen LogP contribution >= 0.6 is 11.6 Å². The summed E-state index contributed by atoms with van der Waals surface area (Å²) in [5.41, 5.74) is 2.41. The van der Waals surface area contributed by atoms with Crippen molar-refractivity contribution in [3.05, 3.63) is 47.6 Å². The molecule has 0 radical (unpaired) electrons. The summed E-state index contributed by atoms with van der Waals surface area (Å²) in [4.78, 5) is 24.4. The van der Waals surface area contributed by atoms with Gasteiger partial charge in [0.2, 0.25) is 5.91 Å². The zero-order chi connectivity index (χ0) is 19.4. The first-order valence-electron chi connectivity index (χ1n) is 9.44. The number of rotatable bonds is 7. The third kappa shape index (κ3) is 3.98. The maximum absolute atomic E-state index is 13.2. The zero-order valence-electron chi connectivity index (χ0n) is 16.0. The minimum atomic E-state index is -0.395. The average molecular weight is 385 g/mol. The van der Waals surface area contributed by atoms with E-state index in [2.05, 4.69) is 18.8 Å². The van der Waals surface area contributed by atoms with Crippen molar-refractivity contribution in [1.82, 2.24) is 19.4 Å². The fourth-order valence-electron chi connectivity index (χ4n) is 3.35. The molecule has 5 nitrogen and oxygen atoms in total. The van der Waals surface area contributed by atoms with E-state index < -0.39 is 6.04 Å². The summed E-state index contributed by atoms with van der Waals surface area (Å²) >= 11 is 6.04. The molecule has 0 unspecified atom stereocenters. The van der Waals surface area contributed by atoms with Crippen molar-refractivity contribution in [2.75, 3.05) is 13.1 Å². The minimum absolute atomic E-state index is 0.0962. The lowest BCUT2D eigenvalue weighted by molar-refractivity contribution is -0.134. The first kappa shape index (κ1) is 19.4. The Hall–Kier alpha value is -2.40. The molecule has 3 rings (SSSR count). The molecule has 142 valence electrons. The molecule has 1 amide bonds. The number of hydrogen-bond acceptors (Lipinski definition) is 3. The van der Waals surface area contributed by atoms with Gasteiger partial charge in [-0.25, -0.2) is 9.97 Å². The van der Waals surface area contributed by atoms with Crippen molar-refractivity contribution < 1.29 is 4.79 Å². The maximum Gasteiger partial charge on any atom is 0.245 e. The molecule has 0 spiro atoms. The second-order valence-electron chi connectivity index (χ2n) is 6.66. The normalized spacial score (nSPS) is 12.3. The molecule has 2 aromatic heterocycles. The van der Waals surface area contributed by atoms with E-state index in [1.807, 2.05) is 52.8 Å². The first-order chi connectivity index (χ1) is 13.1. The highest BCUT2D eigenvalue weighted by molar-refractivity contribution is 6.30. The molecule has 0 aliphatic carbocycles. The molecule has 0 saturated heterocycles. The number of pyridine rings is 1. The molecule has 0 aliphatic heterocycles. The first-order valence-corrected chi connectivity index (χ1v) is 9.82. The molecule has 0 aliphatic rings. The summed E-state index contributed by atoms with van der Waals surface area (Å²) in [7, 11) is 0. The van der Waals surface area contributed by atoms with Gasteiger partial charge in [-0.15, -0.1) is 0 Å². The number of fused-ring (bicyclic) bond motifs is 1. The molecule has 27 heavy (non-hydrogen) atoms. The van der Waals surface area contributed by atoms with Crippen LogP contribution in [0.2, 0.25) is 5.02 Å². The lowest BCUT2D eigenvalue weighted by Crippen LogP contribution is -2.37. The van der Waals surface area contributed by atoms with E-state index in [-0.39, 0.29) is 5.91 Å². The number of imidazole rings is 1. The Balaban J connectivity index is 2.09. The molecule has 0 fully saturated rings. The summed E-state index contributed by atoms with van der Waals surface area (Å²) in [6.07, 6.45) is 3.61. The number of aromatic nitrogens is 3. The summed E-state index contributed by atoms with van der Waals surface area (Å²) in [6.45, 7) is 7.62. The topological polar surface area (TPSA) is 51.0 Å². The predicted octanol–water partition coefficient (Wildman–Crippen LogP) is 4.96. The van der Waals surface area contributed by atoms with Crippen LogP contribution < -0.4 is 0 Å². The van der Waals surface area contributed by atoms with Crippen LogP contribution in [0.1, 0.15) is 39.7 Å². The van der Waals surface area contributed by atoms with Crippen molar-refractivity contribution in [2.24, 2.45) is 0 Å². The third-order valence-corrected chi connectivity index (χ3v) is 4.85. The number of benzene rings is 1. The third-order valence-electron chi connectivity index (χ3n) is 4.59. The van der Waals surface area contributed by atoms with Gasteiger partial charge >= 0.3 is 0 Å². The van der Waals surface area contributed by atoms with Gasteiger partial charge in [-0.2, -0.15) is 0 Å². The Morgan fingerprint density at radius 2 is 1.81 bits per heavy atom. The quantitative estimate of drug-likeness (QED) is 0.578. The van der Waals surface area contributed by atoms with Gasteiger partial charge in [0, 0.05) is 29.9 Å². The van der Waals surface area contributed by atoms with Crippen LogP contribution in [0.5, 0.6) is 0 Å². The lowest BCUT2D eigenvalue weighted by Gasteiger charge is -2.26. The number of hydrogen-bond donors (Lipinski definition) is 0. The summed E-state index contributed by atoms with van der Waals surface area (Å²) < 4.78 is 1.94. The lowest BCUT2D eigenvalue weighted by atomic mass is 10.2. The van der Waals surface area contributed by atoms with E-state index in [0.29, 0.717) is 5.02 Å². The van der Waals surface area contributed by atoms with Gasteiger partial charge in [0.05, 0.1) is 0 Å². The van der Waals surface area contributed by atoms with Crippen LogP contribution in [0, 0.1) is 0 Å². The minimum Gasteiger partial charge on any atom is -0.341 e. The second kappa shape index (κ2) is 8.53. The molecule has 6 heteroatoms. The van der Waals surface area contributed by atoms with Crippen molar-refractivity contribution >= 4 is 28.7 Å². The van der Waals surface area contributed by atoms with Gasteiger partial charge in [0.25, 0.3) is 0 Å². The second-order valence-corrected chi connectivity index (χ2v) is 7.10. The Kier molecular flexibility index (Phi) is 6.11. The summed E-state index contributed by atoms with van der Waals surface area (Å²) in [6, 6.07) is 10.9. The highest BCUT2D eigenvalue weighted by Gasteiger charge is 2.26. The van der Waals surface area contributed by atoms with E-state index in [0.717, 1.165) is 48.5 Å². The molecule has 0 saturated carbocycles. The van der Waals surface area contributed by atoms with Crippen molar-refractivity contribution in [3.8, 4) is 11.4 Å². The average Bonchev–Trinajstić information content (AvgIpc) is 3.06. The Labute approximate surface area is 165 Å². The number of amides is 1. The van der Waals surface area contributed by atoms with E-state index in [4.69, 9.17) is 16.6 Å². The van der Waals surface area contributed by atoms with Crippen molar-refractivity contribution in [1.29, 1.82) is 0 Å². The molecular formula is C21H25ClN4O. The van der Waals surface area contributed by atoms with Crippen molar-refractivity contribution in [3.63, 3.8) is 0 Å². The smallest absolute Gasteiger partial charge is 0.245 e. The largest absolute Gasteiger partial charge is 0.341 e. The van der Waals surface area contributed by atoms with Crippen LogP contribution in [0.25, 0.3) is 22.6 Å². The van der Waals surface area contributed by atoms with Gasteiger partial charge in [0.15, 0.2) is 5.65 Å². The molecule has 1 aromatic carbocycles. The SMILES string of the molecule is CCCN(CCC)C(=O)[C@@H](C)n1c(-c2ccc(Cl)cc2)nc2cccnc21. The van der Waals surface area contributed by atoms with E-state index in [1.165, 1.54) is 0 Å². The monoisotopic (exact) mass is 384 g/mol. The fraction of sp³-hybridized carbons (Fsp3) is 0.381. The highest BCUT2D eigenvalue weighted by atomic mass is 35.5. The fourth-order valence-corrected chi connectivity index (χ4v) is 3.47. The molecule has 0 bridgehead atoms. The molecular weight excluding hydrogens is 360 g/mol. The number of nitrogens with zero attached hydrogens (tertiary/aromatic N) is 4. The van der Waals surface area contributed by atoms with E-state index >= 15 is 0 Å². The van der Waals surface area contributed by atoms with E-state index in [9.17, 15) is 4.79 Å². The maximum atomic E-state index is 13.2. The van der Waals surface area contributed by atoms with Gasteiger partial charge < -0.3 is 4.90 Å². The van der Waals surface area contributed by atoms with Gasteiger partial charge in [-0.05, 0) is 56.2 Å². The Morgan fingerprint density at radius 3 is 2.44 bits per heavy atom. The number of carbonyl (C=O) groups excluding carboxylic acids is 1. The number of carbonyl (C=O) groups is 1. The highest BCUT2D eigenvalue weighted by Crippen LogP contribution is 2.29. The van der Waals surface area contributed by atoms with Gasteiger partial charge in [0.1, 0.15) is 17.4 Å². The van der Waals surface area contributed by atoms with Gasteiger partial charge in [-0.3, -0.25) is 9.36 Å². The van der Waals surface area contributed by atoms with Crippen LogP contribution in [-0.4, -0.2) is 38.4 Å². The summed E-state index contributed by atoms with van der Waals surface area (Å²) in [5, 5.41) is 0.667. The Bertz CT molecular complexity index is 914. The van der Waals surface area contributed by atoms with Crippen LogP contribution in [0.15, 0.2) is 42.6 Å². The zero-order valence-corrected chi connectivity index (χ0v) is 16.8. The molecule has 0 N–H and O–H groups in total. The number of halogens is 1. The van der Waals surface area contributed by atoms with Gasteiger partial charge in [-0.1, -0.05) is 25.4 Å². The van der Waals surface area contributed by atoms with E-state index in [1.54, 1.807) is 6.20 Å². The van der Waals surface area contributed by atoms with Crippen LogP contribution in [0.3, 0.4) is 0 Å². The summed E-state index contributed by atoms with van der Waals surface area (Å²) in [5.74, 6) is 0.827. The molecule has 3 aromatic rings. The standard InChI is InChI=1S/C21H25ClN4O/c1-4-13-25(14-5-2)21(27)15(3)26-19(16-8-10-17(22)11-9-16)24-18-7-6-12-23-20(18)26/h6-12,15H,4-5,13-14H2,1-3H3/t15-/m1/s1. The molecule has 2 heterocycles.